The number of amides is 3. The topological polar surface area (TPSA) is 119 Å². The first-order chi connectivity index (χ1) is 12.5. The van der Waals surface area contributed by atoms with Crippen LogP contribution in [0, 0.1) is 11.3 Å². The first-order valence-electron chi connectivity index (χ1n) is 8.46. The molecule has 1 fully saturated rings. The molecule has 0 radical (unpaired) electrons. The van der Waals surface area contributed by atoms with Crippen LogP contribution >= 0.6 is 11.8 Å². The molecule has 0 bridgehead atoms. The van der Waals surface area contributed by atoms with Crippen molar-refractivity contribution in [1.29, 1.82) is 5.26 Å². The van der Waals surface area contributed by atoms with Gasteiger partial charge in [-0.3, -0.25) is 10.1 Å². The number of likely N-dealkylation sites (tertiary alicyclic amines) is 1. The SMILES string of the molecule is N#CC1=C(N)SC(C(=O)NC(=O)N2CCCCC2)C1c1ccc(O)cc1. The molecule has 3 amide bonds. The van der Waals surface area contributed by atoms with E-state index in [1.165, 1.54) is 12.1 Å². The number of phenolic OH excluding ortho intramolecular Hbond substituents is 1. The van der Waals surface area contributed by atoms with E-state index in [2.05, 4.69) is 11.4 Å². The second-order valence-corrected chi connectivity index (χ2v) is 7.52. The highest BCUT2D eigenvalue weighted by atomic mass is 32.2. The molecule has 2 unspecified atom stereocenters. The number of carbonyl (C=O) groups excluding carboxylic acids is 2. The molecule has 136 valence electrons. The number of allylic oxidation sites excluding steroid dienone is 1. The van der Waals surface area contributed by atoms with Crippen molar-refractivity contribution >= 4 is 23.7 Å². The van der Waals surface area contributed by atoms with Crippen LogP contribution < -0.4 is 11.1 Å². The third-order valence-corrected chi connectivity index (χ3v) is 5.85. The average molecular weight is 372 g/mol. The van der Waals surface area contributed by atoms with E-state index >= 15 is 0 Å². The average Bonchev–Trinajstić information content (AvgIpc) is 2.99. The van der Waals surface area contributed by atoms with Gasteiger partial charge in [-0.2, -0.15) is 5.26 Å². The number of hydrogen-bond acceptors (Lipinski definition) is 6. The van der Waals surface area contributed by atoms with E-state index in [1.54, 1.807) is 17.0 Å². The number of rotatable bonds is 2. The van der Waals surface area contributed by atoms with Gasteiger partial charge in [0.05, 0.1) is 16.7 Å². The summed E-state index contributed by atoms with van der Waals surface area (Å²) in [4.78, 5) is 26.7. The first-order valence-corrected chi connectivity index (χ1v) is 9.34. The van der Waals surface area contributed by atoms with E-state index in [1.807, 2.05) is 0 Å². The fourth-order valence-corrected chi connectivity index (χ4v) is 4.45. The van der Waals surface area contributed by atoms with Gasteiger partial charge in [0.1, 0.15) is 11.0 Å². The quantitative estimate of drug-likeness (QED) is 0.730. The summed E-state index contributed by atoms with van der Waals surface area (Å²) < 4.78 is 0. The zero-order chi connectivity index (χ0) is 18.7. The van der Waals surface area contributed by atoms with Crippen LogP contribution in [-0.2, 0) is 4.79 Å². The van der Waals surface area contributed by atoms with Gasteiger partial charge in [-0.15, -0.1) is 0 Å². The van der Waals surface area contributed by atoms with Crippen molar-refractivity contribution in [1.82, 2.24) is 10.2 Å². The van der Waals surface area contributed by atoms with Gasteiger partial charge in [0.15, 0.2) is 0 Å². The van der Waals surface area contributed by atoms with E-state index in [0.29, 0.717) is 24.2 Å². The van der Waals surface area contributed by atoms with Gasteiger partial charge in [0.25, 0.3) is 0 Å². The molecule has 3 rings (SSSR count). The molecule has 4 N–H and O–H groups in total. The number of urea groups is 1. The molecular weight excluding hydrogens is 352 g/mol. The summed E-state index contributed by atoms with van der Waals surface area (Å²) in [5.41, 5.74) is 6.95. The highest BCUT2D eigenvalue weighted by Gasteiger charge is 2.41. The molecule has 1 aromatic carbocycles. The Morgan fingerprint density at radius 1 is 1.23 bits per heavy atom. The van der Waals surface area contributed by atoms with Crippen LogP contribution in [0.5, 0.6) is 5.75 Å². The minimum atomic E-state index is -0.706. The molecule has 8 heteroatoms. The lowest BCUT2D eigenvalue weighted by Gasteiger charge is -2.27. The zero-order valence-corrected chi connectivity index (χ0v) is 15.0. The van der Waals surface area contributed by atoms with Gasteiger partial charge < -0.3 is 15.7 Å². The lowest BCUT2D eigenvalue weighted by molar-refractivity contribution is -0.119. The Bertz CT molecular complexity index is 779. The number of aromatic hydroxyl groups is 1. The Morgan fingerprint density at radius 3 is 2.50 bits per heavy atom. The number of piperidine rings is 1. The third kappa shape index (κ3) is 3.63. The van der Waals surface area contributed by atoms with Crippen LogP contribution in [0.4, 0.5) is 4.79 Å². The van der Waals surface area contributed by atoms with Crippen LogP contribution in [0.25, 0.3) is 0 Å². The first kappa shape index (κ1) is 18.1. The molecule has 2 heterocycles. The predicted molar refractivity (Wildman–Crippen MR) is 98.0 cm³/mol. The number of nitriles is 1. The number of hydrogen-bond donors (Lipinski definition) is 3. The standard InChI is InChI=1S/C18H20N4O3S/c19-10-13-14(11-4-6-12(23)7-5-11)15(26-16(13)20)17(24)21-18(25)22-8-2-1-3-9-22/h4-7,14-15,23H,1-3,8-9,20H2,(H,21,24,25). The maximum absolute atomic E-state index is 12.7. The zero-order valence-electron chi connectivity index (χ0n) is 14.1. The van der Waals surface area contributed by atoms with Crippen LogP contribution in [0.3, 0.4) is 0 Å². The highest BCUT2D eigenvalue weighted by Crippen LogP contribution is 2.45. The molecule has 0 aliphatic carbocycles. The summed E-state index contributed by atoms with van der Waals surface area (Å²) in [6, 6.07) is 7.98. The van der Waals surface area contributed by atoms with Crippen LogP contribution in [0.15, 0.2) is 34.9 Å². The molecule has 2 aliphatic heterocycles. The Labute approximate surface area is 155 Å². The number of phenols is 1. The second kappa shape index (κ2) is 7.70. The van der Waals surface area contributed by atoms with Crippen molar-refractivity contribution in [2.75, 3.05) is 13.1 Å². The Morgan fingerprint density at radius 2 is 1.88 bits per heavy atom. The fraction of sp³-hybridized carbons (Fsp3) is 0.389. The largest absolute Gasteiger partial charge is 0.508 e. The van der Waals surface area contributed by atoms with Crippen molar-refractivity contribution < 1.29 is 14.7 Å². The highest BCUT2D eigenvalue weighted by molar-refractivity contribution is 8.04. The van der Waals surface area contributed by atoms with E-state index in [9.17, 15) is 20.0 Å². The van der Waals surface area contributed by atoms with Gasteiger partial charge in [0.2, 0.25) is 5.91 Å². The Kier molecular flexibility index (Phi) is 5.38. The molecule has 7 nitrogen and oxygen atoms in total. The molecule has 0 spiro atoms. The van der Waals surface area contributed by atoms with Crippen LogP contribution in [0.1, 0.15) is 30.7 Å². The molecule has 0 aromatic heterocycles. The van der Waals surface area contributed by atoms with Gasteiger partial charge in [-0.1, -0.05) is 23.9 Å². The summed E-state index contributed by atoms with van der Waals surface area (Å²) in [5.74, 6) is -0.923. The van der Waals surface area contributed by atoms with E-state index < -0.39 is 23.1 Å². The molecule has 2 aliphatic rings. The maximum atomic E-state index is 12.7. The summed E-state index contributed by atoms with van der Waals surface area (Å²) in [6.45, 7) is 1.28. The molecule has 1 saturated heterocycles. The van der Waals surface area contributed by atoms with Crippen molar-refractivity contribution in [3.05, 3.63) is 40.4 Å². The van der Waals surface area contributed by atoms with Gasteiger partial charge in [0, 0.05) is 19.0 Å². The molecule has 1 aromatic rings. The van der Waals surface area contributed by atoms with Crippen LogP contribution in [0.2, 0.25) is 0 Å². The number of thioether (sulfide) groups is 1. The minimum absolute atomic E-state index is 0.0936. The van der Waals surface area contributed by atoms with E-state index in [-0.39, 0.29) is 10.8 Å². The number of imide groups is 1. The smallest absolute Gasteiger partial charge is 0.324 e. The monoisotopic (exact) mass is 372 g/mol. The fourth-order valence-electron chi connectivity index (χ4n) is 3.28. The third-order valence-electron chi connectivity index (χ3n) is 4.64. The van der Waals surface area contributed by atoms with Gasteiger partial charge in [-0.25, -0.2) is 4.79 Å². The Balaban J connectivity index is 1.79. The molecule has 26 heavy (non-hydrogen) atoms. The second-order valence-electron chi connectivity index (χ2n) is 6.34. The normalized spacial score (nSPS) is 22.8. The predicted octanol–water partition coefficient (Wildman–Crippen LogP) is 2.01. The lowest BCUT2D eigenvalue weighted by atomic mass is 9.88. The number of nitrogens with two attached hydrogens (primary N) is 1. The summed E-state index contributed by atoms with van der Waals surface area (Å²) in [5, 5.41) is 21.0. The van der Waals surface area contributed by atoms with Crippen molar-refractivity contribution in [3.63, 3.8) is 0 Å². The molecule has 2 atom stereocenters. The van der Waals surface area contributed by atoms with Gasteiger partial charge >= 0.3 is 6.03 Å². The number of carbonyl (C=O) groups is 2. The van der Waals surface area contributed by atoms with Crippen molar-refractivity contribution in [2.24, 2.45) is 5.73 Å². The molecular formula is C18H20N4O3S. The number of nitrogens with zero attached hydrogens (tertiary/aromatic N) is 2. The van der Waals surface area contributed by atoms with E-state index in [0.717, 1.165) is 31.0 Å². The van der Waals surface area contributed by atoms with Gasteiger partial charge in [-0.05, 0) is 37.0 Å². The summed E-state index contributed by atoms with van der Waals surface area (Å²) in [6.07, 6.45) is 2.96. The van der Waals surface area contributed by atoms with Crippen molar-refractivity contribution in [3.8, 4) is 11.8 Å². The van der Waals surface area contributed by atoms with E-state index in [4.69, 9.17) is 5.73 Å². The van der Waals surface area contributed by atoms with Crippen molar-refractivity contribution in [2.45, 2.75) is 30.4 Å². The molecule has 0 saturated carbocycles. The summed E-state index contributed by atoms with van der Waals surface area (Å²) >= 11 is 1.09. The summed E-state index contributed by atoms with van der Waals surface area (Å²) in [7, 11) is 0. The minimum Gasteiger partial charge on any atom is -0.508 e. The number of benzene rings is 1. The Hall–Kier alpha value is -2.66. The maximum Gasteiger partial charge on any atom is 0.324 e. The van der Waals surface area contributed by atoms with Crippen LogP contribution in [-0.4, -0.2) is 40.3 Å². The number of nitrogens with one attached hydrogen (secondary N) is 1. The lowest BCUT2D eigenvalue weighted by Crippen LogP contribution is -2.48.